The first kappa shape index (κ1) is 12.4. The molecular weight excluding hydrogens is 233 g/mol. The molecule has 3 nitrogen and oxygen atoms in total. The highest BCUT2D eigenvalue weighted by Crippen LogP contribution is 2.67. The van der Waals surface area contributed by atoms with Crippen molar-refractivity contribution in [2.75, 3.05) is 13.7 Å². The molecule has 4 heteroatoms. The second-order valence-corrected chi connectivity index (χ2v) is 6.52. The molecule has 0 saturated heterocycles. The van der Waals surface area contributed by atoms with Crippen LogP contribution in [0.15, 0.2) is 41.8 Å². The van der Waals surface area contributed by atoms with Gasteiger partial charge in [-0.1, -0.05) is 30.3 Å². The molecule has 0 saturated carbocycles. The van der Waals surface area contributed by atoms with E-state index in [1.165, 1.54) is 0 Å². The number of hydrogen-bond acceptors (Lipinski definition) is 3. The van der Waals surface area contributed by atoms with Gasteiger partial charge in [-0.25, -0.2) is 0 Å². The summed E-state index contributed by atoms with van der Waals surface area (Å²) in [5.41, 5.74) is 2.05. The zero-order valence-corrected chi connectivity index (χ0v) is 11.4. The lowest BCUT2D eigenvalue weighted by Gasteiger charge is -2.27. The highest BCUT2D eigenvalue weighted by molar-refractivity contribution is 7.62. The molecule has 0 radical (unpaired) electrons. The third-order valence-corrected chi connectivity index (χ3v) is 5.78. The molecule has 1 aliphatic heterocycles. The van der Waals surface area contributed by atoms with E-state index in [2.05, 4.69) is 0 Å². The van der Waals surface area contributed by atoms with Crippen molar-refractivity contribution in [2.45, 2.75) is 19.6 Å². The smallest absolute Gasteiger partial charge is 0.253 e. The third-order valence-electron chi connectivity index (χ3n) is 3.06. The molecule has 17 heavy (non-hydrogen) atoms. The van der Waals surface area contributed by atoms with Gasteiger partial charge in [0.2, 0.25) is 0 Å². The average molecular weight is 251 g/mol. The van der Waals surface area contributed by atoms with Crippen molar-refractivity contribution in [1.82, 2.24) is 4.90 Å². The standard InChI is InChI=1S/C13H18NO2P/c1-4-16-17(15)10-11(2)14(3)13(17)12-8-6-5-7-9-12/h5-10,13H,4H2,1-3H3/t13-,17+/m1/s1. The van der Waals surface area contributed by atoms with Crippen LogP contribution in [0.1, 0.15) is 25.2 Å². The number of rotatable bonds is 3. The summed E-state index contributed by atoms with van der Waals surface area (Å²) in [6.45, 7) is 4.32. The molecule has 2 rings (SSSR count). The van der Waals surface area contributed by atoms with Gasteiger partial charge in [-0.05, 0) is 19.4 Å². The monoisotopic (exact) mass is 251 g/mol. The van der Waals surface area contributed by atoms with Gasteiger partial charge in [0.1, 0.15) is 5.78 Å². The van der Waals surface area contributed by atoms with E-state index in [-0.39, 0.29) is 5.78 Å². The predicted octanol–water partition coefficient (Wildman–Crippen LogP) is 3.81. The Bertz CT molecular complexity index is 470. The maximum Gasteiger partial charge on any atom is 0.253 e. The quantitative estimate of drug-likeness (QED) is 0.765. The molecule has 1 aromatic carbocycles. The van der Waals surface area contributed by atoms with Gasteiger partial charge >= 0.3 is 0 Å². The summed E-state index contributed by atoms with van der Waals surface area (Å²) >= 11 is 0. The van der Waals surface area contributed by atoms with Crippen LogP contribution in [0.5, 0.6) is 0 Å². The van der Waals surface area contributed by atoms with Gasteiger partial charge in [0.05, 0.1) is 6.61 Å². The molecule has 2 atom stereocenters. The van der Waals surface area contributed by atoms with Crippen LogP contribution < -0.4 is 0 Å². The van der Waals surface area contributed by atoms with E-state index in [9.17, 15) is 4.57 Å². The lowest BCUT2D eigenvalue weighted by molar-refractivity contribution is 0.305. The molecule has 1 heterocycles. The molecule has 0 N–H and O–H groups in total. The number of hydrogen-bond donors (Lipinski definition) is 0. The lowest BCUT2D eigenvalue weighted by Crippen LogP contribution is -2.18. The first-order valence-electron chi connectivity index (χ1n) is 5.79. The zero-order valence-electron chi connectivity index (χ0n) is 10.5. The maximum absolute atomic E-state index is 12.8. The number of allylic oxidation sites excluding steroid dienone is 1. The van der Waals surface area contributed by atoms with Crippen molar-refractivity contribution in [3.05, 3.63) is 47.4 Å². The summed E-state index contributed by atoms with van der Waals surface area (Å²) in [5, 5.41) is 0. The van der Waals surface area contributed by atoms with Crippen LogP contribution in [0.4, 0.5) is 0 Å². The highest BCUT2D eigenvalue weighted by atomic mass is 31.2. The van der Waals surface area contributed by atoms with E-state index in [1.807, 2.05) is 56.1 Å². The minimum absolute atomic E-state index is 0.177. The fourth-order valence-corrected chi connectivity index (χ4v) is 4.94. The Morgan fingerprint density at radius 2 is 2.00 bits per heavy atom. The van der Waals surface area contributed by atoms with Gasteiger partial charge < -0.3 is 9.42 Å². The Hall–Kier alpha value is -1.05. The number of benzene rings is 1. The van der Waals surface area contributed by atoms with Gasteiger partial charge in [-0.2, -0.15) is 0 Å². The fourth-order valence-electron chi connectivity index (χ4n) is 2.22. The number of nitrogens with zero attached hydrogens (tertiary/aromatic N) is 1. The summed E-state index contributed by atoms with van der Waals surface area (Å²) in [4.78, 5) is 2.03. The minimum atomic E-state index is -2.75. The Morgan fingerprint density at radius 1 is 1.35 bits per heavy atom. The van der Waals surface area contributed by atoms with E-state index in [4.69, 9.17) is 4.52 Å². The molecule has 1 aromatic rings. The second-order valence-electron chi connectivity index (χ2n) is 4.23. The molecule has 0 aliphatic carbocycles. The van der Waals surface area contributed by atoms with E-state index < -0.39 is 7.37 Å². The maximum atomic E-state index is 12.8. The van der Waals surface area contributed by atoms with Crippen LogP contribution in [0.3, 0.4) is 0 Å². The minimum Gasteiger partial charge on any atom is -0.362 e. The van der Waals surface area contributed by atoms with Gasteiger partial charge in [0.25, 0.3) is 7.37 Å². The van der Waals surface area contributed by atoms with Crippen molar-refractivity contribution in [3.8, 4) is 0 Å². The summed E-state index contributed by atoms with van der Waals surface area (Å²) in [6.07, 6.45) is 0. The van der Waals surface area contributed by atoms with Gasteiger partial charge in [0, 0.05) is 18.6 Å². The SMILES string of the molecule is CCO[P@@]1(=O)C=C(C)N(C)[C@H]1c1ccccc1. The van der Waals surface area contributed by atoms with Crippen LogP contribution in [-0.4, -0.2) is 18.6 Å². The summed E-state index contributed by atoms with van der Waals surface area (Å²) in [5.74, 6) is 1.61. The summed E-state index contributed by atoms with van der Waals surface area (Å²) < 4.78 is 18.4. The molecule has 0 amide bonds. The molecule has 92 valence electrons. The Morgan fingerprint density at radius 3 is 2.59 bits per heavy atom. The van der Waals surface area contributed by atoms with Crippen LogP contribution >= 0.6 is 7.37 Å². The summed E-state index contributed by atoms with van der Waals surface area (Å²) in [7, 11) is -0.790. The summed E-state index contributed by atoms with van der Waals surface area (Å²) in [6, 6.07) is 9.89. The molecular formula is C13H18NO2P. The van der Waals surface area contributed by atoms with E-state index in [0.717, 1.165) is 11.3 Å². The molecule has 0 fully saturated rings. The molecule has 0 bridgehead atoms. The molecule has 0 unspecified atom stereocenters. The third kappa shape index (κ3) is 2.18. The largest absolute Gasteiger partial charge is 0.362 e. The van der Waals surface area contributed by atoms with Crippen LogP contribution in [-0.2, 0) is 9.09 Å². The van der Waals surface area contributed by atoms with Gasteiger partial charge in [-0.3, -0.25) is 4.57 Å². The normalized spacial score (nSPS) is 28.3. The van der Waals surface area contributed by atoms with E-state index in [1.54, 1.807) is 5.82 Å². The van der Waals surface area contributed by atoms with Crippen molar-refractivity contribution in [1.29, 1.82) is 0 Å². The Labute approximate surface area is 103 Å². The topological polar surface area (TPSA) is 29.5 Å². The second kappa shape index (κ2) is 4.67. The van der Waals surface area contributed by atoms with Crippen LogP contribution in [0.2, 0.25) is 0 Å². The first-order valence-corrected chi connectivity index (χ1v) is 7.56. The average Bonchev–Trinajstić information content (AvgIpc) is 2.51. The Balaban J connectivity index is 2.42. The first-order chi connectivity index (χ1) is 8.08. The predicted molar refractivity (Wildman–Crippen MR) is 69.9 cm³/mol. The van der Waals surface area contributed by atoms with E-state index in [0.29, 0.717) is 6.61 Å². The van der Waals surface area contributed by atoms with Gasteiger partial charge in [-0.15, -0.1) is 0 Å². The van der Waals surface area contributed by atoms with Crippen molar-refractivity contribution in [3.63, 3.8) is 0 Å². The van der Waals surface area contributed by atoms with Crippen molar-refractivity contribution in [2.24, 2.45) is 0 Å². The Kier molecular flexibility index (Phi) is 3.41. The zero-order chi connectivity index (χ0) is 12.5. The highest BCUT2D eigenvalue weighted by Gasteiger charge is 2.42. The fraction of sp³-hybridized carbons (Fsp3) is 0.385. The van der Waals surface area contributed by atoms with Crippen molar-refractivity contribution >= 4 is 7.37 Å². The van der Waals surface area contributed by atoms with Crippen LogP contribution in [0.25, 0.3) is 0 Å². The van der Waals surface area contributed by atoms with Crippen molar-refractivity contribution < 1.29 is 9.09 Å². The molecule has 1 aliphatic rings. The molecule has 0 aromatic heterocycles. The lowest BCUT2D eigenvalue weighted by atomic mass is 10.2. The van der Waals surface area contributed by atoms with Crippen LogP contribution in [0, 0.1) is 0 Å². The van der Waals surface area contributed by atoms with E-state index >= 15 is 0 Å². The molecule has 0 spiro atoms. The van der Waals surface area contributed by atoms with Gasteiger partial charge in [0.15, 0.2) is 0 Å².